The third kappa shape index (κ3) is 4.32. The number of carbonyl (C=O) groups excluding carboxylic acids is 1. The molecule has 26 heavy (non-hydrogen) atoms. The van der Waals surface area contributed by atoms with Crippen molar-refractivity contribution in [3.63, 3.8) is 0 Å². The number of benzene rings is 1. The SMILES string of the molecule is CCCCC1(C(O)c2ccc(N)c(C)c2)CCCN1C(=O)OC(C)(C)C. The number of rotatable bonds is 5. The molecule has 1 aromatic rings. The molecule has 1 heterocycles. The van der Waals surface area contributed by atoms with E-state index in [1.54, 1.807) is 4.90 Å². The van der Waals surface area contributed by atoms with Crippen molar-refractivity contribution in [3.8, 4) is 0 Å². The molecule has 5 nitrogen and oxygen atoms in total. The predicted molar refractivity (Wildman–Crippen MR) is 105 cm³/mol. The molecule has 0 spiro atoms. The molecular formula is C21H34N2O3. The molecule has 3 N–H and O–H groups in total. The molecule has 1 amide bonds. The number of aliphatic hydroxyl groups excluding tert-OH is 1. The third-order valence-corrected chi connectivity index (χ3v) is 5.22. The molecule has 2 atom stereocenters. The van der Waals surface area contributed by atoms with E-state index in [9.17, 15) is 9.90 Å². The normalized spacial score (nSPS) is 21.7. The van der Waals surface area contributed by atoms with Gasteiger partial charge in [-0.1, -0.05) is 31.9 Å². The maximum Gasteiger partial charge on any atom is 0.410 e. The summed E-state index contributed by atoms with van der Waals surface area (Å²) in [5, 5.41) is 11.3. The summed E-state index contributed by atoms with van der Waals surface area (Å²) in [4.78, 5) is 14.6. The van der Waals surface area contributed by atoms with Crippen LogP contribution in [0.4, 0.5) is 10.5 Å². The number of nitrogens with zero attached hydrogens (tertiary/aromatic N) is 1. The van der Waals surface area contributed by atoms with Crippen LogP contribution in [0.3, 0.4) is 0 Å². The van der Waals surface area contributed by atoms with E-state index in [4.69, 9.17) is 10.5 Å². The summed E-state index contributed by atoms with van der Waals surface area (Å²) in [7, 11) is 0. The lowest BCUT2D eigenvalue weighted by molar-refractivity contribution is -0.0382. The molecular weight excluding hydrogens is 328 g/mol. The second-order valence-electron chi connectivity index (χ2n) is 8.46. The zero-order valence-electron chi connectivity index (χ0n) is 16.8. The zero-order valence-corrected chi connectivity index (χ0v) is 16.8. The Bertz CT molecular complexity index is 639. The van der Waals surface area contributed by atoms with E-state index in [0.717, 1.165) is 43.2 Å². The van der Waals surface area contributed by atoms with Crippen LogP contribution in [-0.2, 0) is 4.74 Å². The lowest BCUT2D eigenvalue weighted by atomic mass is 9.80. The van der Waals surface area contributed by atoms with Crippen molar-refractivity contribution in [1.82, 2.24) is 4.90 Å². The van der Waals surface area contributed by atoms with Crippen LogP contribution in [0.15, 0.2) is 18.2 Å². The van der Waals surface area contributed by atoms with Gasteiger partial charge in [-0.05, 0) is 64.2 Å². The number of carbonyl (C=O) groups is 1. The fourth-order valence-electron chi connectivity index (χ4n) is 3.83. The average Bonchev–Trinajstić information content (AvgIpc) is 2.98. The summed E-state index contributed by atoms with van der Waals surface area (Å²) >= 11 is 0. The lowest BCUT2D eigenvalue weighted by Crippen LogP contribution is -2.52. The minimum Gasteiger partial charge on any atom is -0.444 e. The second-order valence-corrected chi connectivity index (χ2v) is 8.46. The molecule has 5 heteroatoms. The minimum atomic E-state index is -0.761. The van der Waals surface area contributed by atoms with E-state index in [1.165, 1.54) is 0 Å². The highest BCUT2D eigenvalue weighted by Gasteiger charge is 2.50. The van der Waals surface area contributed by atoms with Gasteiger partial charge in [0.25, 0.3) is 0 Å². The van der Waals surface area contributed by atoms with Crippen molar-refractivity contribution in [3.05, 3.63) is 29.3 Å². The summed E-state index contributed by atoms with van der Waals surface area (Å²) in [5.74, 6) is 0. The molecule has 1 aromatic carbocycles. The van der Waals surface area contributed by atoms with Gasteiger partial charge in [0.1, 0.15) is 11.7 Å². The first-order valence-electron chi connectivity index (χ1n) is 9.65. The van der Waals surface area contributed by atoms with E-state index in [0.29, 0.717) is 12.2 Å². The molecule has 1 saturated heterocycles. The summed E-state index contributed by atoms with van der Waals surface area (Å²) < 4.78 is 5.64. The topological polar surface area (TPSA) is 75.8 Å². The van der Waals surface area contributed by atoms with Gasteiger partial charge in [-0.15, -0.1) is 0 Å². The van der Waals surface area contributed by atoms with Gasteiger partial charge in [0.15, 0.2) is 0 Å². The van der Waals surface area contributed by atoms with Gasteiger partial charge in [-0.25, -0.2) is 4.79 Å². The Morgan fingerprint density at radius 3 is 2.69 bits per heavy atom. The highest BCUT2D eigenvalue weighted by molar-refractivity contribution is 5.70. The molecule has 0 bridgehead atoms. The predicted octanol–water partition coefficient (Wildman–Crippen LogP) is 4.57. The Hall–Kier alpha value is -1.75. The van der Waals surface area contributed by atoms with Crippen molar-refractivity contribution in [2.45, 2.75) is 84.0 Å². The van der Waals surface area contributed by atoms with Crippen molar-refractivity contribution in [1.29, 1.82) is 0 Å². The molecule has 0 saturated carbocycles. The van der Waals surface area contributed by atoms with Crippen LogP contribution in [0.2, 0.25) is 0 Å². The van der Waals surface area contributed by atoms with Gasteiger partial charge in [-0.3, -0.25) is 4.90 Å². The van der Waals surface area contributed by atoms with Crippen LogP contribution < -0.4 is 5.73 Å². The second kappa shape index (κ2) is 7.87. The summed E-state index contributed by atoms with van der Waals surface area (Å²) in [5.41, 5.74) is 7.21. The van der Waals surface area contributed by atoms with Crippen LogP contribution in [0.1, 0.15) is 77.0 Å². The van der Waals surface area contributed by atoms with Crippen LogP contribution in [-0.4, -0.2) is 33.8 Å². The van der Waals surface area contributed by atoms with Gasteiger partial charge < -0.3 is 15.6 Å². The monoisotopic (exact) mass is 362 g/mol. The Morgan fingerprint density at radius 1 is 1.42 bits per heavy atom. The summed E-state index contributed by atoms with van der Waals surface area (Å²) in [6.07, 6.45) is 3.26. The minimum absolute atomic E-state index is 0.336. The Labute approximate surface area is 157 Å². The van der Waals surface area contributed by atoms with Crippen LogP contribution >= 0.6 is 0 Å². The number of unbranched alkanes of at least 4 members (excludes halogenated alkanes) is 1. The molecule has 146 valence electrons. The average molecular weight is 363 g/mol. The van der Waals surface area contributed by atoms with Gasteiger partial charge in [-0.2, -0.15) is 0 Å². The van der Waals surface area contributed by atoms with E-state index in [1.807, 2.05) is 45.9 Å². The van der Waals surface area contributed by atoms with Gasteiger partial charge in [0, 0.05) is 12.2 Å². The number of likely N-dealkylation sites (tertiary alicyclic amines) is 1. The standard InChI is InChI=1S/C21H34N2O3/c1-6-7-11-21(18(24)16-9-10-17(22)15(2)14-16)12-8-13-23(21)19(25)26-20(3,4)5/h9-10,14,18,24H,6-8,11-13,22H2,1-5H3. The molecule has 0 aromatic heterocycles. The molecule has 2 rings (SSSR count). The maximum atomic E-state index is 12.9. The number of aliphatic hydroxyl groups is 1. The number of ether oxygens (including phenoxy) is 1. The Kier molecular flexibility index (Phi) is 6.22. The van der Waals surface area contributed by atoms with Crippen LogP contribution in [0.5, 0.6) is 0 Å². The van der Waals surface area contributed by atoms with Gasteiger partial charge >= 0.3 is 6.09 Å². The van der Waals surface area contributed by atoms with Crippen LogP contribution in [0, 0.1) is 6.92 Å². The first kappa shape index (κ1) is 20.6. The number of hydrogen-bond donors (Lipinski definition) is 2. The summed E-state index contributed by atoms with van der Waals surface area (Å²) in [6, 6.07) is 5.62. The number of nitrogens with two attached hydrogens (primary N) is 1. The first-order chi connectivity index (χ1) is 12.1. The highest BCUT2D eigenvalue weighted by atomic mass is 16.6. The van der Waals surface area contributed by atoms with Crippen molar-refractivity contribution in [2.24, 2.45) is 0 Å². The van der Waals surface area contributed by atoms with E-state index in [-0.39, 0.29) is 6.09 Å². The van der Waals surface area contributed by atoms with Crippen molar-refractivity contribution in [2.75, 3.05) is 12.3 Å². The number of aryl methyl sites for hydroxylation is 1. The van der Waals surface area contributed by atoms with Crippen LogP contribution in [0.25, 0.3) is 0 Å². The molecule has 0 aliphatic carbocycles. The molecule has 2 unspecified atom stereocenters. The van der Waals surface area contributed by atoms with E-state index < -0.39 is 17.2 Å². The largest absolute Gasteiger partial charge is 0.444 e. The number of nitrogen functional groups attached to an aromatic ring is 1. The van der Waals surface area contributed by atoms with Crippen molar-refractivity contribution < 1.29 is 14.6 Å². The zero-order chi connectivity index (χ0) is 19.5. The van der Waals surface area contributed by atoms with Gasteiger partial charge in [0.05, 0.1) is 5.54 Å². The molecule has 1 fully saturated rings. The Morgan fingerprint density at radius 2 is 2.12 bits per heavy atom. The van der Waals surface area contributed by atoms with E-state index in [2.05, 4.69) is 6.92 Å². The Balaban J connectivity index is 2.39. The quantitative estimate of drug-likeness (QED) is 0.752. The van der Waals surface area contributed by atoms with Crippen molar-refractivity contribution >= 4 is 11.8 Å². The number of amides is 1. The molecule has 0 radical (unpaired) electrons. The number of anilines is 1. The number of hydrogen-bond acceptors (Lipinski definition) is 4. The molecule has 1 aliphatic heterocycles. The molecule has 1 aliphatic rings. The smallest absolute Gasteiger partial charge is 0.410 e. The third-order valence-electron chi connectivity index (χ3n) is 5.22. The first-order valence-corrected chi connectivity index (χ1v) is 9.65. The van der Waals surface area contributed by atoms with E-state index >= 15 is 0 Å². The maximum absolute atomic E-state index is 12.9. The lowest BCUT2D eigenvalue weighted by Gasteiger charge is -2.43. The van der Waals surface area contributed by atoms with Gasteiger partial charge in [0.2, 0.25) is 0 Å². The fraction of sp³-hybridized carbons (Fsp3) is 0.667. The summed E-state index contributed by atoms with van der Waals surface area (Å²) in [6.45, 7) is 10.3. The fourth-order valence-corrected chi connectivity index (χ4v) is 3.83. The highest BCUT2D eigenvalue weighted by Crippen LogP contribution is 2.44.